The van der Waals surface area contributed by atoms with Gasteiger partial charge in [0.2, 0.25) is 0 Å². The first-order valence-electron chi connectivity index (χ1n) is 1.59. The minimum atomic E-state index is -3.88. The molecule has 0 aliphatic rings. The smallest absolute Gasteiger partial charge is 0.328 e. The lowest BCUT2D eigenvalue weighted by Crippen LogP contribution is -1.95. The van der Waals surface area contributed by atoms with Gasteiger partial charge in [0, 0.05) is 0 Å². The van der Waals surface area contributed by atoms with Gasteiger partial charge in [-0.15, -0.1) is 0 Å². The minimum Gasteiger partial charge on any atom is -0.334 e. The first-order chi connectivity index (χ1) is 3.71. The predicted octanol–water partition coefficient (Wildman–Crippen LogP) is -0.612. The number of hydrogen-bond acceptors (Lipinski definition) is 3. The van der Waals surface area contributed by atoms with E-state index in [1.165, 1.54) is 0 Å². The van der Waals surface area contributed by atoms with E-state index >= 15 is 0 Å². The van der Waals surface area contributed by atoms with Gasteiger partial charge in [0.1, 0.15) is 0 Å². The summed E-state index contributed by atoms with van der Waals surface area (Å²) >= 11 is 8.05. The lowest BCUT2D eigenvalue weighted by molar-refractivity contribution is 0.363. The summed E-state index contributed by atoms with van der Waals surface area (Å²) in [5, 5.41) is 0. The highest BCUT2D eigenvalue weighted by atomic mass is 32.5. The van der Waals surface area contributed by atoms with E-state index in [2.05, 4.69) is 27.9 Å². The summed E-state index contributed by atoms with van der Waals surface area (Å²) < 4.78 is 3.92. The zero-order chi connectivity index (χ0) is 7.71. The van der Waals surface area contributed by atoms with Crippen LogP contribution in [0.1, 0.15) is 0 Å². The molecule has 0 fully saturated rings. The topological polar surface area (TPSA) is 95.9 Å². The molecule has 0 heterocycles. The molecule has 0 radical (unpaired) electrons. The van der Waals surface area contributed by atoms with Crippen molar-refractivity contribution in [1.82, 2.24) is 0 Å². The van der Waals surface area contributed by atoms with Crippen molar-refractivity contribution >= 4 is 37.0 Å². The standard InChI is InChI=1S/H5NO4P2S2/c1-6(2,8)5-7(3,4)9/h(H3,1,2,8)(H2,3,4,9). The Bertz CT molecular complexity index is 157. The van der Waals surface area contributed by atoms with Crippen LogP contribution in [0.5, 0.6) is 0 Å². The summed E-state index contributed by atoms with van der Waals surface area (Å²) in [5.74, 6) is 0. The van der Waals surface area contributed by atoms with E-state index in [1.807, 2.05) is 0 Å². The fraction of sp³-hybridized carbons (Fsp3) is 0. The fourth-order valence-corrected chi connectivity index (χ4v) is 3.50. The van der Waals surface area contributed by atoms with Crippen LogP contribution >= 0.6 is 13.4 Å². The largest absolute Gasteiger partial charge is 0.334 e. The van der Waals surface area contributed by atoms with Crippen LogP contribution in [0.25, 0.3) is 0 Å². The van der Waals surface area contributed by atoms with Crippen LogP contribution in [0.3, 0.4) is 0 Å². The second-order valence-electron chi connectivity index (χ2n) is 1.14. The summed E-state index contributed by atoms with van der Waals surface area (Å²) in [7, 11) is 0. The molecule has 5 nitrogen and oxygen atoms in total. The molecule has 0 aromatic carbocycles. The summed E-state index contributed by atoms with van der Waals surface area (Å²) in [4.78, 5) is 25.1. The number of hydrogen-bond donors (Lipinski definition) is 4. The van der Waals surface area contributed by atoms with Gasteiger partial charge in [-0.3, -0.25) is 5.50 Å². The van der Waals surface area contributed by atoms with Crippen molar-refractivity contribution in [2.24, 2.45) is 5.50 Å². The third-order valence-electron chi connectivity index (χ3n) is 0.223. The van der Waals surface area contributed by atoms with Crippen molar-refractivity contribution in [2.45, 2.75) is 0 Å². The Morgan fingerprint density at radius 3 is 1.56 bits per heavy atom. The first kappa shape index (κ1) is 10.1. The average Bonchev–Trinajstić information content (AvgIpc) is 1.14. The minimum absolute atomic E-state index is 3.51. The average molecular weight is 209 g/mol. The summed E-state index contributed by atoms with van der Waals surface area (Å²) in [5.41, 5.74) is 4.72. The molecule has 9 heavy (non-hydrogen) atoms. The lowest BCUT2D eigenvalue weighted by Gasteiger charge is -2.11. The van der Waals surface area contributed by atoms with Gasteiger partial charge in [0.15, 0.2) is 0 Å². The highest BCUT2D eigenvalue weighted by molar-refractivity contribution is 8.14. The van der Waals surface area contributed by atoms with Crippen LogP contribution in [0.15, 0.2) is 0 Å². The van der Waals surface area contributed by atoms with Gasteiger partial charge in [-0.2, -0.15) is 0 Å². The fourth-order valence-electron chi connectivity index (χ4n) is 0.152. The number of nitrogens with two attached hydrogens (primary N) is 1. The lowest BCUT2D eigenvalue weighted by atomic mass is 13.9. The van der Waals surface area contributed by atoms with Crippen LogP contribution in [-0.4, -0.2) is 14.7 Å². The van der Waals surface area contributed by atoms with Crippen molar-refractivity contribution in [3.8, 4) is 0 Å². The van der Waals surface area contributed by atoms with Gasteiger partial charge < -0.3 is 14.7 Å². The predicted molar refractivity (Wildman–Crippen MR) is 40.5 cm³/mol. The summed E-state index contributed by atoms with van der Waals surface area (Å²) in [6, 6.07) is 0. The zero-order valence-electron chi connectivity index (χ0n) is 4.04. The first-order valence-corrected chi connectivity index (χ1v) is 6.96. The normalized spacial score (nSPS) is 19.1. The van der Waals surface area contributed by atoms with E-state index < -0.39 is 13.4 Å². The quantitative estimate of drug-likeness (QED) is 0.450. The van der Waals surface area contributed by atoms with E-state index in [0.717, 1.165) is 0 Å². The van der Waals surface area contributed by atoms with Gasteiger partial charge in [0.25, 0.3) is 6.64 Å². The summed E-state index contributed by atoms with van der Waals surface area (Å²) in [6.07, 6.45) is 0. The molecule has 1 unspecified atom stereocenters. The van der Waals surface area contributed by atoms with E-state index in [9.17, 15) is 0 Å². The molecule has 1 atom stereocenters. The van der Waals surface area contributed by atoms with Crippen LogP contribution in [-0.2, 0) is 27.9 Å². The van der Waals surface area contributed by atoms with Crippen molar-refractivity contribution in [3.63, 3.8) is 0 Å². The Morgan fingerprint density at radius 2 is 1.56 bits per heavy atom. The van der Waals surface area contributed by atoms with Gasteiger partial charge in [0.05, 0.1) is 0 Å². The zero-order valence-corrected chi connectivity index (χ0v) is 7.46. The maximum absolute atomic E-state index is 8.48. The molecule has 0 aromatic heterocycles. The van der Waals surface area contributed by atoms with E-state index in [-0.39, 0.29) is 0 Å². The van der Waals surface area contributed by atoms with E-state index in [0.29, 0.717) is 0 Å². The van der Waals surface area contributed by atoms with E-state index in [4.69, 9.17) is 20.2 Å². The van der Waals surface area contributed by atoms with Crippen LogP contribution < -0.4 is 5.50 Å². The highest BCUT2D eigenvalue weighted by Crippen LogP contribution is 2.52. The molecule has 56 valence electrons. The van der Waals surface area contributed by atoms with Crippen LogP contribution in [0, 0.1) is 0 Å². The molecule has 0 amide bonds. The SMILES string of the molecule is NP(O)(=S)OP(O)(O)=S. The molecule has 0 rings (SSSR count). The molecular weight excluding hydrogens is 204 g/mol. The second-order valence-corrected chi connectivity index (χ2v) is 6.90. The Hall–Kier alpha value is 1.10. The Balaban J connectivity index is 4.07. The van der Waals surface area contributed by atoms with Crippen LogP contribution in [0.2, 0.25) is 0 Å². The van der Waals surface area contributed by atoms with Crippen LogP contribution in [0.4, 0.5) is 0 Å². The highest BCUT2D eigenvalue weighted by Gasteiger charge is 2.17. The number of rotatable bonds is 2. The van der Waals surface area contributed by atoms with Crippen molar-refractivity contribution < 1.29 is 19.0 Å². The molecule has 5 N–H and O–H groups in total. The molecule has 0 saturated carbocycles. The molecule has 0 aliphatic heterocycles. The van der Waals surface area contributed by atoms with Crippen molar-refractivity contribution in [1.29, 1.82) is 0 Å². The molecular formula is H5NO4P2S2. The molecule has 0 saturated heterocycles. The maximum atomic E-state index is 8.48. The van der Waals surface area contributed by atoms with E-state index in [1.54, 1.807) is 0 Å². The molecule has 0 aromatic rings. The Labute approximate surface area is 61.9 Å². The van der Waals surface area contributed by atoms with Gasteiger partial charge in [-0.25, -0.2) is 4.31 Å². The molecule has 0 bridgehead atoms. The van der Waals surface area contributed by atoms with Crippen molar-refractivity contribution in [2.75, 3.05) is 0 Å². The van der Waals surface area contributed by atoms with Gasteiger partial charge in [-0.1, -0.05) is 0 Å². The molecule has 0 aliphatic carbocycles. The van der Waals surface area contributed by atoms with Crippen molar-refractivity contribution in [3.05, 3.63) is 0 Å². The Morgan fingerprint density at radius 1 is 1.22 bits per heavy atom. The van der Waals surface area contributed by atoms with Gasteiger partial charge >= 0.3 is 6.72 Å². The second kappa shape index (κ2) is 3.00. The maximum Gasteiger partial charge on any atom is 0.328 e. The molecule has 9 heteroatoms. The molecule has 0 spiro atoms. The summed E-state index contributed by atoms with van der Waals surface area (Å²) in [6.45, 7) is -7.39. The Kier molecular flexibility index (Phi) is 3.37. The van der Waals surface area contributed by atoms with Gasteiger partial charge in [-0.05, 0) is 23.6 Å². The monoisotopic (exact) mass is 209 g/mol. The third kappa shape index (κ3) is 9.10. The third-order valence-corrected chi connectivity index (χ3v) is 3.21.